The molecule has 0 saturated carbocycles. The van der Waals surface area contributed by atoms with Gasteiger partial charge in [-0.1, -0.05) is 304 Å². The molecule has 1 unspecified atom stereocenters. The number of hydrogen-bond acceptors (Lipinski definition) is 6. The summed E-state index contributed by atoms with van der Waals surface area (Å²) < 4.78 is 16.9. The Morgan fingerprint density at radius 1 is 0.276 bits per heavy atom. The van der Waals surface area contributed by atoms with E-state index >= 15 is 0 Å². The Morgan fingerprint density at radius 3 is 0.803 bits per heavy atom. The molecule has 0 saturated heterocycles. The van der Waals surface area contributed by atoms with E-state index in [2.05, 4.69) is 118 Å². The first-order valence-corrected chi connectivity index (χ1v) is 32.2. The summed E-state index contributed by atoms with van der Waals surface area (Å²) in [5.41, 5.74) is 0. The molecule has 0 aliphatic rings. The van der Waals surface area contributed by atoms with Gasteiger partial charge in [-0.05, 0) is 83.5 Å². The highest BCUT2D eigenvalue weighted by molar-refractivity contribution is 5.71. The zero-order valence-corrected chi connectivity index (χ0v) is 50.0. The molecule has 0 rings (SSSR count). The summed E-state index contributed by atoms with van der Waals surface area (Å²) in [5.74, 6) is -0.884. The van der Waals surface area contributed by atoms with Crippen molar-refractivity contribution in [2.75, 3.05) is 13.2 Å². The van der Waals surface area contributed by atoms with Gasteiger partial charge in [0.2, 0.25) is 0 Å². The molecular formula is C70H120O6. The van der Waals surface area contributed by atoms with Gasteiger partial charge in [-0.2, -0.15) is 0 Å². The van der Waals surface area contributed by atoms with Crippen molar-refractivity contribution in [3.05, 3.63) is 97.2 Å². The van der Waals surface area contributed by atoms with E-state index in [0.717, 1.165) is 122 Å². The molecule has 0 aromatic heterocycles. The van der Waals surface area contributed by atoms with Crippen molar-refractivity contribution in [1.82, 2.24) is 0 Å². The third-order valence-corrected chi connectivity index (χ3v) is 13.9. The van der Waals surface area contributed by atoms with Crippen LogP contribution in [0.4, 0.5) is 0 Å². The van der Waals surface area contributed by atoms with E-state index in [1.807, 2.05) is 0 Å². The quantitative estimate of drug-likeness (QED) is 0.0261. The molecule has 0 N–H and O–H groups in total. The Labute approximate surface area is 470 Å². The highest BCUT2D eigenvalue weighted by atomic mass is 16.6. The van der Waals surface area contributed by atoms with Gasteiger partial charge in [0.25, 0.3) is 0 Å². The van der Waals surface area contributed by atoms with Crippen molar-refractivity contribution < 1.29 is 28.6 Å². The van der Waals surface area contributed by atoms with Crippen LogP contribution in [0.5, 0.6) is 0 Å². The smallest absolute Gasteiger partial charge is 0.306 e. The molecule has 436 valence electrons. The maximum atomic E-state index is 12.9. The van der Waals surface area contributed by atoms with Crippen molar-refractivity contribution >= 4 is 17.9 Å². The molecule has 0 amide bonds. The molecule has 76 heavy (non-hydrogen) atoms. The fourth-order valence-corrected chi connectivity index (χ4v) is 9.05. The van der Waals surface area contributed by atoms with Crippen LogP contribution in [0.1, 0.15) is 310 Å². The predicted molar refractivity (Wildman–Crippen MR) is 330 cm³/mol. The van der Waals surface area contributed by atoms with E-state index in [-0.39, 0.29) is 31.1 Å². The van der Waals surface area contributed by atoms with Crippen molar-refractivity contribution in [3.8, 4) is 0 Å². The first-order chi connectivity index (χ1) is 37.5. The number of hydrogen-bond donors (Lipinski definition) is 0. The minimum atomic E-state index is -0.780. The summed E-state index contributed by atoms with van der Waals surface area (Å²) in [4.78, 5) is 38.2. The van der Waals surface area contributed by atoms with Crippen LogP contribution in [-0.2, 0) is 28.6 Å². The normalized spacial score (nSPS) is 12.7. The Hall–Kier alpha value is -3.67. The van der Waals surface area contributed by atoms with Crippen LogP contribution in [-0.4, -0.2) is 37.2 Å². The summed E-state index contributed by atoms with van der Waals surface area (Å²) in [6.45, 7) is 6.52. The summed E-state index contributed by atoms with van der Waals surface area (Å²) >= 11 is 0. The number of carbonyl (C=O) groups excluding carboxylic acids is 3. The van der Waals surface area contributed by atoms with Gasteiger partial charge >= 0.3 is 17.9 Å². The Morgan fingerprint density at radius 2 is 0.513 bits per heavy atom. The van der Waals surface area contributed by atoms with Crippen molar-refractivity contribution in [3.63, 3.8) is 0 Å². The molecule has 6 nitrogen and oxygen atoms in total. The number of allylic oxidation sites excluding steroid dienone is 16. The highest BCUT2D eigenvalue weighted by Crippen LogP contribution is 2.17. The van der Waals surface area contributed by atoms with Crippen LogP contribution in [0, 0.1) is 0 Å². The van der Waals surface area contributed by atoms with E-state index in [4.69, 9.17) is 14.2 Å². The van der Waals surface area contributed by atoms with Crippen molar-refractivity contribution in [2.45, 2.75) is 316 Å². The minimum Gasteiger partial charge on any atom is -0.462 e. The Kier molecular flexibility index (Phi) is 60.8. The molecule has 0 heterocycles. The lowest BCUT2D eigenvalue weighted by Crippen LogP contribution is -2.30. The van der Waals surface area contributed by atoms with Gasteiger partial charge in [0.1, 0.15) is 13.2 Å². The van der Waals surface area contributed by atoms with Crippen LogP contribution in [0.2, 0.25) is 0 Å². The predicted octanol–water partition coefficient (Wildman–Crippen LogP) is 22.0. The second kappa shape index (κ2) is 63.9. The molecule has 0 aliphatic carbocycles. The molecule has 0 aromatic carbocycles. The third kappa shape index (κ3) is 61.2. The van der Waals surface area contributed by atoms with E-state index in [1.165, 1.54) is 148 Å². The number of rotatable bonds is 58. The summed E-state index contributed by atoms with van der Waals surface area (Å²) in [7, 11) is 0. The minimum absolute atomic E-state index is 0.0780. The monoisotopic (exact) mass is 1060 g/mol. The maximum Gasteiger partial charge on any atom is 0.306 e. The molecule has 0 radical (unpaired) electrons. The average molecular weight is 1060 g/mol. The second-order valence-corrected chi connectivity index (χ2v) is 21.3. The van der Waals surface area contributed by atoms with Gasteiger partial charge in [0.05, 0.1) is 0 Å². The summed E-state index contributed by atoms with van der Waals surface area (Å²) in [6.07, 6.45) is 85.7. The molecule has 0 aromatic rings. The fraction of sp³-hybridized carbons (Fsp3) is 0.729. The van der Waals surface area contributed by atoms with E-state index < -0.39 is 6.10 Å². The lowest BCUT2D eigenvalue weighted by molar-refractivity contribution is -0.167. The zero-order chi connectivity index (χ0) is 55.0. The Bertz CT molecular complexity index is 1490. The van der Waals surface area contributed by atoms with Crippen LogP contribution in [0.15, 0.2) is 97.2 Å². The number of unbranched alkanes of at least 4 members (excludes halogenated alkanes) is 31. The van der Waals surface area contributed by atoms with Gasteiger partial charge < -0.3 is 14.2 Å². The third-order valence-electron chi connectivity index (χ3n) is 13.9. The van der Waals surface area contributed by atoms with Gasteiger partial charge in [-0.3, -0.25) is 14.4 Å². The molecule has 0 bridgehead atoms. The number of ether oxygens (including phenoxy) is 3. The molecule has 0 spiro atoms. The lowest BCUT2D eigenvalue weighted by atomic mass is 10.0. The van der Waals surface area contributed by atoms with Gasteiger partial charge in [-0.15, -0.1) is 0 Å². The topological polar surface area (TPSA) is 78.9 Å². The summed E-state index contributed by atoms with van der Waals surface area (Å²) in [6, 6.07) is 0. The summed E-state index contributed by atoms with van der Waals surface area (Å²) in [5, 5.41) is 0. The van der Waals surface area contributed by atoms with Gasteiger partial charge in [0.15, 0.2) is 6.10 Å². The van der Waals surface area contributed by atoms with E-state index in [0.29, 0.717) is 19.3 Å². The molecule has 1 atom stereocenters. The first-order valence-electron chi connectivity index (χ1n) is 32.2. The van der Waals surface area contributed by atoms with E-state index in [1.54, 1.807) is 0 Å². The standard InChI is InChI=1S/C70H120O6/c1-4-7-10-13-16-19-21-23-25-27-29-30-31-32-33-34-35-36-37-38-39-40-41-43-44-46-48-51-54-57-60-63-69(72)75-66-67(65-74-68(71)62-59-56-53-50-18-15-12-9-6-3)76-70(73)64-61-58-55-52-49-47-45-42-28-26-24-22-20-17-14-11-8-5-2/h7,10,16,19,23,25,29-30,32-33,35-36,38-39,41,43,67H,4-6,8-9,11-15,17-18,20-22,24,26-28,31,34,37,40,42,44-66H2,1-3H3/b10-7-,19-16-,25-23-,30-29-,33-32-,36-35-,39-38-,43-41-. The van der Waals surface area contributed by atoms with Crippen LogP contribution in [0.25, 0.3) is 0 Å². The number of esters is 3. The molecule has 6 heteroatoms. The SMILES string of the molecule is CC/C=C\C/C=C\C/C=C\C/C=C\C/C=C\C/C=C\C/C=C\C/C=C\CCCCCCCCC(=O)OCC(COC(=O)CCCCCCCCCCC)OC(=O)CCCCCCCCCCCCCCCCCCCC. The second-order valence-electron chi connectivity index (χ2n) is 21.3. The van der Waals surface area contributed by atoms with Crippen molar-refractivity contribution in [1.29, 1.82) is 0 Å². The highest BCUT2D eigenvalue weighted by Gasteiger charge is 2.19. The maximum absolute atomic E-state index is 12.9. The van der Waals surface area contributed by atoms with Crippen molar-refractivity contribution in [2.24, 2.45) is 0 Å². The fourth-order valence-electron chi connectivity index (χ4n) is 9.05. The molecule has 0 fully saturated rings. The van der Waals surface area contributed by atoms with Crippen LogP contribution < -0.4 is 0 Å². The number of carbonyl (C=O) groups is 3. The zero-order valence-electron chi connectivity index (χ0n) is 50.0. The first kappa shape index (κ1) is 72.3. The Balaban J connectivity index is 4.23. The van der Waals surface area contributed by atoms with Gasteiger partial charge in [-0.25, -0.2) is 0 Å². The lowest BCUT2D eigenvalue weighted by Gasteiger charge is -2.18. The van der Waals surface area contributed by atoms with E-state index in [9.17, 15) is 14.4 Å². The van der Waals surface area contributed by atoms with Gasteiger partial charge in [0, 0.05) is 19.3 Å². The molecule has 0 aliphatic heterocycles. The largest absolute Gasteiger partial charge is 0.462 e. The molecular weight excluding hydrogens is 937 g/mol. The average Bonchev–Trinajstić information content (AvgIpc) is 3.42. The van der Waals surface area contributed by atoms with Crippen LogP contribution in [0.3, 0.4) is 0 Å². The van der Waals surface area contributed by atoms with Crippen LogP contribution >= 0.6 is 0 Å².